The molecule has 0 spiro atoms. The van der Waals surface area contributed by atoms with Crippen LogP contribution in [0.5, 0.6) is 0 Å². The van der Waals surface area contributed by atoms with Crippen LogP contribution in [0.3, 0.4) is 0 Å². The van der Waals surface area contributed by atoms with E-state index >= 15 is 0 Å². The highest BCUT2D eigenvalue weighted by molar-refractivity contribution is 7.91. The Labute approximate surface area is 168 Å². The summed E-state index contributed by atoms with van der Waals surface area (Å²) in [5, 5.41) is -0.236. The molecule has 1 aromatic rings. The highest BCUT2D eigenvalue weighted by atomic mass is 32.2. The van der Waals surface area contributed by atoms with Crippen molar-refractivity contribution in [3.63, 3.8) is 0 Å². The third kappa shape index (κ3) is 7.60. The van der Waals surface area contributed by atoms with E-state index in [9.17, 15) is 8.42 Å². The Morgan fingerprint density at radius 1 is 0.852 bits per heavy atom. The van der Waals surface area contributed by atoms with Crippen molar-refractivity contribution < 1.29 is 8.42 Å². The largest absolute Gasteiger partial charge is 0.229 e. The van der Waals surface area contributed by atoms with Crippen LogP contribution in [-0.2, 0) is 16.3 Å². The molecule has 2 nitrogen and oxygen atoms in total. The molecule has 0 saturated heterocycles. The van der Waals surface area contributed by atoms with Crippen molar-refractivity contribution >= 4 is 9.84 Å². The van der Waals surface area contributed by atoms with Gasteiger partial charge in [-0.1, -0.05) is 57.4 Å². The van der Waals surface area contributed by atoms with Crippen molar-refractivity contribution in [1.29, 1.82) is 0 Å². The Hall–Kier alpha value is -0.830. The molecule has 1 saturated carbocycles. The van der Waals surface area contributed by atoms with E-state index in [0.717, 1.165) is 43.4 Å². The number of sulfone groups is 1. The molecule has 1 aromatic carbocycles. The van der Waals surface area contributed by atoms with Gasteiger partial charge in [0.05, 0.1) is 11.0 Å². The molecular formula is C24H40O2S. The number of benzene rings is 1. The Bertz CT molecular complexity index is 635. The van der Waals surface area contributed by atoms with E-state index in [-0.39, 0.29) is 5.25 Å². The fourth-order valence-corrected chi connectivity index (χ4v) is 5.65. The third-order valence-electron chi connectivity index (χ3n) is 6.24. The average Bonchev–Trinajstić information content (AvgIpc) is 2.60. The number of aryl methyl sites for hydroxylation is 1. The first kappa shape index (κ1) is 22.5. The highest BCUT2D eigenvalue weighted by Crippen LogP contribution is 2.39. The zero-order chi connectivity index (χ0) is 19.9. The van der Waals surface area contributed by atoms with Gasteiger partial charge in [-0.3, -0.25) is 0 Å². The molecule has 154 valence electrons. The standard InChI is InChI=1S/C24H40O2S/c1-19(2)27(25,26)15-9-7-5-6-8-10-22-11-13-23(14-12-22)24-17-20(3)16-21(4)18-24/h11-14,19-21,24H,5-10,15-18H2,1-4H3. The van der Waals surface area contributed by atoms with E-state index in [1.807, 2.05) is 0 Å². The molecule has 2 unspecified atom stereocenters. The Morgan fingerprint density at radius 2 is 1.41 bits per heavy atom. The van der Waals surface area contributed by atoms with E-state index in [4.69, 9.17) is 0 Å². The van der Waals surface area contributed by atoms with Crippen molar-refractivity contribution in [2.24, 2.45) is 11.8 Å². The predicted octanol–water partition coefficient (Wildman–Crippen LogP) is 6.54. The second-order valence-corrected chi connectivity index (χ2v) is 12.0. The summed E-state index contributed by atoms with van der Waals surface area (Å²) in [7, 11) is -2.85. The van der Waals surface area contributed by atoms with Crippen molar-refractivity contribution in [3.05, 3.63) is 35.4 Å². The first-order valence-electron chi connectivity index (χ1n) is 11.1. The van der Waals surface area contributed by atoms with Gasteiger partial charge in [0.15, 0.2) is 9.84 Å². The lowest BCUT2D eigenvalue weighted by atomic mass is 9.74. The number of rotatable bonds is 10. The Balaban J connectivity index is 1.64. The summed E-state index contributed by atoms with van der Waals surface area (Å²) >= 11 is 0. The fraction of sp³-hybridized carbons (Fsp3) is 0.750. The second kappa shape index (κ2) is 10.6. The number of hydrogen-bond donors (Lipinski definition) is 0. The van der Waals surface area contributed by atoms with E-state index in [2.05, 4.69) is 38.1 Å². The zero-order valence-corrected chi connectivity index (χ0v) is 18.7. The molecular weight excluding hydrogens is 352 g/mol. The van der Waals surface area contributed by atoms with Crippen molar-refractivity contribution in [1.82, 2.24) is 0 Å². The first-order chi connectivity index (χ1) is 12.8. The zero-order valence-electron chi connectivity index (χ0n) is 17.9. The van der Waals surface area contributed by atoms with Gasteiger partial charge in [0, 0.05) is 0 Å². The quantitative estimate of drug-likeness (QED) is 0.423. The van der Waals surface area contributed by atoms with Crippen molar-refractivity contribution in [3.8, 4) is 0 Å². The summed E-state index contributed by atoms with van der Waals surface area (Å²) in [6, 6.07) is 9.38. The number of unbranched alkanes of at least 4 members (excludes halogenated alkanes) is 4. The normalized spacial score (nSPS) is 23.7. The smallest absolute Gasteiger partial charge is 0.152 e. The third-order valence-corrected chi connectivity index (χ3v) is 8.54. The Morgan fingerprint density at radius 3 is 2.00 bits per heavy atom. The molecule has 1 aliphatic carbocycles. The summed E-state index contributed by atoms with van der Waals surface area (Å²) in [5.41, 5.74) is 2.97. The lowest BCUT2D eigenvalue weighted by Gasteiger charge is -2.31. The average molecular weight is 393 g/mol. The number of hydrogen-bond acceptors (Lipinski definition) is 2. The van der Waals surface area contributed by atoms with E-state index in [1.54, 1.807) is 13.8 Å². The van der Waals surface area contributed by atoms with Crippen molar-refractivity contribution in [2.45, 2.75) is 96.7 Å². The summed E-state index contributed by atoms with van der Waals surface area (Å²) < 4.78 is 23.6. The van der Waals surface area contributed by atoms with E-state index < -0.39 is 9.84 Å². The van der Waals surface area contributed by atoms with Gasteiger partial charge in [0.2, 0.25) is 0 Å². The Kier molecular flexibility index (Phi) is 8.85. The summed E-state index contributed by atoms with van der Waals surface area (Å²) in [6.07, 6.45) is 10.6. The maximum Gasteiger partial charge on any atom is 0.152 e. The molecule has 0 radical (unpaired) electrons. The van der Waals surface area contributed by atoms with Gasteiger partial charge < -0.3 is 0 Å². The maximum atomic E-state index is 11.8. The summed E-state index contributed by atoms with van der Waals surface area (Å²) in [4.78, 5) is 0. The molecule has 2 rings (SSSR count). The van der Waals surface area contributed by atoms with Crippen LogP contribution in [0.25, 0.3) is 0 Å². The molecule has 0 bridgehead atoms. The van der Waals surface area contributed by atoms with E-state index in [1.165, 1.54) is 43.2 Å². The van der Waals surface area contributed by atoms with Gasteiger partial charge in [-0.2, -0.15) is 0 Å². The molecule has 0 aliphatic heterocycles. The van der Waals surface area contributed by atoms with Crippen LogP contribution in [0.15, 0.2) is 24.3 Å². The lowest BCUT2D eigenvalue weighted by Crippen LogP contribution is -2.18. The van der Waals surface area contributed by atoms with Gasteiger partial charge in [0.1, 0.15) is 0 Å². The topological polar surface area (TPSA) is 34.1 Å². The van der Waals surface area contributed by atoms with Crippen molar-refractivity contribution in [2.75, 3.05) is 5.75 Å². The van der Waals surface area contributed by atoms with Gasteiger partial charge in [-0.25, -0.2) is 8.42 Å². The molecule has 1 aliphatic rings. The SMILES string of the molecule is CC1CC(C)CC(c2ccc(CCCCCCCS(=O)(=O)C(C)C)cc2)C1. The second-order valence-electron chi connectivity index (χ2n) is 9.29. The molecule has 0 heterocycles. The van der Waals surface area contributed by atoms with Crippen LogP contribution in [0, 0.1) is 11.8 Å². The van der Waals surface area contributed by atoms with Crippen LogP contribution >= 0.6 is 0 Å². The minimum atomic E-state index is -2.85. The van der Waals surface area contributed by atoms with Crippen LogP contribution in [0.2, 0.25) is 0 Å². The monoisotopic (exact) mass is 392 g/mol. The molecule has 27 heavy (non-hydrogen) atoms. The van der Waals surface area contributed by atoms with Gasteiger partial charge in [-0.15, -0.1) is 0 Å². The molecule has 0 aromatic heterocycles. The molecule has 0 amide bonds. The van der Waals surface area contributed by atoms with E-state index in [0.29, 0.717) is 5.75 Å². The molecule has 3 heteroatoms. The van der Waals surface area contributed by atoms with Crippen LogP contribution in [-0.4, -0.2) is 19.4 Å². The van der Waals surface area contributed by atoms with Gasteiger partial charge >= 0.3 is 0 Å². The van der Waals surface area contributed by atoms with Crippen LogP contribution in [0.1, 0.15) is 96.1 Å². The highest BCUT2D eigenvalue weighted by Gasteiger charge is 2.24. The summed E-state index contributed by atoms with van der Waals surface area (Å²) in [5.74, 6) is 2.81. The molecule has 0 N–H and O–H groups in total. The summed E-state index contributed by atoms with van der Waals surface area (Å²) in [6.45, 7) is 8.34. The minimum absolute atomic E-state index is 0.236. The van der Waals surface area contributed by atoms with Crippen LogP contribution in [0.4, 0.5) is 0 Å². The fourth-order valence-electron chi connectivity index (χ4n) is 4.57. The van der Waals surface area contributed by atoms with Crippen LogP contribution < -0.4 is 0 Å². The maximum absolute atomic E-state index is 11.8. The minimum Gasteiger partial charge on any atom is -0.229 e. The molecule has 1 fully saturated rings. The first-order valence-corrected chi connectivity index (χ1v) is 12.8. The lowest BCUT2D eigenvalue weighted by molar-refractivity contribution is 0.268. The van der Waals surface area contributed by atoms with Gasteiger partial charge in [-0.05, 0) is 81.3 Å². The molecule has 2 atom stereocenters. The predicted molar refractivity (Wildman–Crippen MR) is 117 cm³/mol. The van der Waals surface area contributed by atoms with Gasteiger partial charge in [0.25, 0.3) is 0 Å².